The van der Waals surface area contributed by atoms with Crippen molar-refractivity contribution in [1.82, 2.24) is 10.1 Å². The van der Waals surface area contributed by atoms with Crippen LogP contribution in [-0.2, 0) is 11.3 Å². The average molecular weight is 433 g/mol. The van der Waals surface area contributed by atoms with Gasteiger partial charge in [-0.3, -0.25) is 9.69 Å². The number of nitrogens with zero attached hydrogens (tertiary/aromatic N) is 2. The Labute approximate surface area is 182 Å². The summed E-state index contributed by atoms with van der Waals surface area (Å²) in [4.78, 5) is 15.0. The molecule has 7 heteroatoms. The van der Waals surface area contributed by atoms with E-state index in [4.69, 9.17) is 21.2 Å². The first-order chi connectivity index (χ1) is 14.6. The average Bonchev–Trinajstić information content (AvgIpc) is 3.46. The lowest BCUT2D eigenvalue weighted by Crippen LogP contribution is -2.27. The lowest BCUT2D eigenvalue weighted by molar-refractivity contribution is -0.122. The third kappa shape index (κ3) is 3.46. The SMILES string of the molecule is Cc1ccc(-c2onc3ccc(/C=C4/SC(=S)N(Cc5ccco5)C4=O)cc23)cc1. The van der Waals surface area contributed by atoms with Crippen LogP contribution in [0.15, 0.2) is 74.7 Å². The second-order valence-electron chi connectivity index (χ2n) is 7.00. The molecule has 2 aromatic heterocycles. The fourth-order valence-electron chi connectivity index (χ4n) is 3.31. The standard InChI is InChI=1S/C23H16N2O3S2/c1-14-4-7-16(8-5-14)21-18-11-15(6-9-19(18)24-28-21)12-20-22(26)25(23(29)30-20)13-17-3-2-10-27-17/h2-12H,13H2,1H3/b20-12+. The summed E-state index contributed by atoms with van der Waals surface area (Å²) in [5, 5.41) is 5.07. The fraction of sp³-hybridized carbons (Fsp3) is 0.0870. The van der Waals surface area contributed by atoms with Crippen molar-refractivity contribution < 1.29 is 13.7 Å². The molecule has 0 atom stereocenters. The summed E-state index contributed by atoms with van der Waals surface area (Å²) in [6.45, 7) is 2.37. The highest BCUT2D eigenvalue weighted by atomic mass is 32.2. The van der Waals surface area contributed by atoms with Crippen LogP contribution in [0.3, 0.4) is 0 Å². The summed E-state index contributed by atoms with van der Waals surface area (Å²) in [6.07, 6.45) is 3.44. The van der Waals surface area contributed by atoms with Gasteiger partial charge in [0, 0.05) is 5.56 Å². The minimum Gasteiger partial charge on any atom is -0.467 e. The summed E-state index contributed by atoms with van der Waals surface area (Å²) in [5.74, 6) is 1.29. The molecule has 0 aliphatic carbocycles. The molecular formula is C23H16N2O3S2. The normalized spacial score (nSPS) is 15.6. The van der Waals surface area contributed by atoms with Crippen molar-refractivity contribution in [3.8, 4) is 11.3 Å². The highest BCUT2D eigenvalue weighted by molar-refractivity contribution is 8.26. The molecule has 1 amide bonds. The summed E-state index contributed by atoms with van der Waals surface area (Å²) in [6, 6.07) is 17.5. The smallest absolute Gasteiger partial charge is 0.266 e. The number of fused-ring (bicyclic) bond motifs is 1. The van der Waals surface area contributed by atoms with Crippen LogP contribution >= 0.6 is 24.0 Å². The number of amides is 1. The molecule has 1 aliphatic rings. The Bertz CT molecular complexity index is 1290. The largest absolute Gasteiger partial charge is 0.467 e. The highest BCUT2D eigenvalue weighted by Crippen LogP contribution is 2.35. The van der Waals surface area contributed by atoms with Crippen LogP contribution in [-0.4, -0.2) is 20.3 Å². The second-order valence-corrected chi connectivity index (χ2v) is 8.68. The molecule has 1 saturated heterocycles. The highest BCUT2D eigenvalue weighted by Gasteiger charge is 2.32. The number of carbonyl (C=O) groups is 1. The number of thioether (sulfide) groups is 1. The molecule has 0 N–H and O–H groups in total. The van der Waals surface area contributed by atoms with E-state index in [1.807, 2.05) is 61.5 Å². The minimum atomic E-state index is -0.120. The number of aryl methyl sites for hydroxylation is 1. The molecule has 2 aromatic carbocycles. The number of hydrogen-bond donors (Lipinski definition) is 0. The van der Waals surface area contributed by atoms with Crippen molar-refractivity contribution in [2.24, 2.45) is 0 Å². The first-order valence-electron chi connectivity index (χ1n) is 9.33. The van der Waals surface area contributed by atoms with E-state index in [1.54, 1.807) is 17.2 Å². The molecule has 0 unspecified atom stereocenters. The van der Waals surface area contributed by atoms with Crippen molar-refractivity contribution in [3.63, 3.8) is 0 Å². The molecule has 3 heterocycles. The minimum absolute atomic E-state index is 0.120. The monoisotopic (exact) mass is 432 g/mol. The van der Waals surface area contributed by atoms with E-state index in [9.17, 15) is 4.79 Å². The van der Waals surface area contributed by atoms with E-state index < -0.39 is 0 Å². The Morgan fingerprint density at radius 2 is 2.00 bits per heavy atom. The number of hydrogen-bond acceptors (Lipinski definition) is 6. The molecule has 0 spiro atoms. The van der Waals surface area contributed by atoms with E-state index in [1.165, 1.54) is 17.3 Å². The van der Waals surface area contributed by atoms with Crippen molar-refractivity contribution in [1.29, 1.82) is 0 Å². The number of furan rings is 1. The Balaban J connectivity index is 1.47. The molecule has 0 saturated carbocycles. The molecule has 0 bridgehead atoms. The van der Waals surface area contributed by atoms with Gasteiger partial charge in [-0.25, -0.2) is 0 Å². The first-order valence-corrected chi connectivity index (χ1v) is 10.6. The van der Waals surface area contributed by atoms with Gasteiger partial charge in [0.25, 0.3) is 5.91 Å². The number of aromatic nitrogens is 1. The Hall–Kier alpha value is -3.16. The Morgan fingerprint density at radius 1 is 1.17 bits per heavy atom. The van der Waals surface area contributed by atoms with Gasteiger partial charge < -0.3 is 8.94 Å². The Kier molecular flexibility index (Phi) is 4.77. The first kappa shape index (κ1) is 18.8. The van der Waals surface area contributed by atoms with Crippen LogP contribution in [0.25, 0.3) is 28.3 Å². The second kappa shape index (κ2) is 7.59. The van der Waals surface area contributed by atoms with E-state index >= 15 is 0 Å². The molecule has 5 rings (SSSR count). The van der Waals surface area contributed by atoms with Crippen LogP contribution in [0, 0.1) is 6.92 Å². The summed E-state index contributed by atoms with van der Waals surface area (Å²) in [7, 11) is 0. The molecule has 1 fully saturated rings. The molecule has 1 aliphatic heterocycles. The van der Waals surface area contributed by atoms with Crippen molar-refractivity contribution >= 4 is 51.2 Å². The van der Waals surface area contributed by atoms with Gasteiger partial charge in [0.2, 0.25) is 0 Å². The van der Waals surface area contributed by atoms with Crippen LogP contribution < -0.4 is 0 Å². The maximum Gasteiger partial charge on any atom is 0.266 e. The van der Waals surface area contributed by atoms with Gasteiger partial charge in [0.1, 0.15) is 15.6 Å². The number of rotatable bonds is 4. The van der Waals surface area contributed by atoms with Crippen molar-refractivity contribution in [3.05, 3.63) is 82.7 Å². The number of benzene rings is 2. The zero-order chi connectivity index (χ0) is 20.7. The zero-order valence-electron chi connectivity index (χ0n) is 16.0. The number of thiocarbonyl (C=S) groups is 1. The van der Waals surface area contributed by atoms with Crippen LogP contribution in [0.2, 0.25) is 0 Å². The summed E-state index contributed by atoms with van der Waals surface area (Å²) >= 11 is 6.70. The number of carbonyl (C=O) groups excluding carboxylic acids is 1. The van der Waals surface area contributed by atoms with Gasteiger partial charge in [-0.15, -0.1) is 0 Å². The quantitative estimate of drug-likeness (QED) is 0.300. The van der Waals surface area contributed by atoms with E-state index in [0.29, 0.717) is 27.3 Å². The van der Waals surface area contributed by atoms with Crippen LogP contribution in [0.1, 0.15) is 16.9 Å². The lowest BCUT2D eigenvalue weighted by Gasteiger charge is -2.11. The van der Waals surface area contributed by atoms with Gasteiger partial charge in [-0.2, -0.15) is 0 Å². The van der Waals surface area contributed by atoms with Crippen molar-refractivity contribution in [2.45, 2.75) is 13.5 Å². The van der Waals surface area contributed by atoms with Gasteiger partial charge >= 0.3 is 0 Å². The predicted octanol–water partition coefficient (Wildman–Crippen LogP) is 5.80. The molecule has 0 radical (unpaired) electrons. The van der Waals surface area contributed by atoms with E-state index in [2.05, 4.69) is 5.16 Å². The maximum absolute atomic E-state index is 12.9. The summed E-state index contributed by atoms with van der Waals surface area (Å²) < 4.78 is 11.5. The summed E-state index contributed by atoms with van der Waals surface area (Å²) in [5.41, 5.74) is 3.80. The van der Waals surface area contributed by atoms with Gasteiger partial charge in [0.15, 0.2) is 5.76 Å². The third-order valence-electron chi connectivity index (χ3n) is 4.88. The van der Waals surface area contributed by atoms with Crippen LogP contribution in [0.4, 0.5) is 0 Å². The van der Waals surface area contributed by atoms with Crippen LogP contribution in [0.5, 0.6) is 0 Å². The molecular weight excluding hydrogens is 416 g/mol. The third-order valence-corrected chi connectivity index (χ3v) is 6.26. The predicted molar refractivity (Wildman–Crippen MR) is 122 cm³/mol. The van der Waals surface area contributed by atoms with E-state index in [0.717, 1.165) is 22.0 Å². The topological polar surface area (TPSA) is 59.5 Å². The maximum atomic E-state index is 12.9. The molecule has 5 nitrogen and oxygen atoms in total. The van der Waals surface area contributed by atoms with Gasteiger partial charge in [-0.1, -0.05) is 65.0 Å². The lowest BCUT2D eigenvalue weighted by atomic mass is 10.0. The molecule has 30 heavy (non-hydrogen) atoms. The van der Waals surface area contributed by atoms with E-state index in [-0.39, 0.29) is 5.91 Å². The fourth-order valence-corrected chi connectivity index (χ4v) is 4.56. The Morgan fingerprint density at radius 3 is 2.77 bits per heavy atom. The van der Waals surface area contributed by atoms with Crippen molar-refractivity contribution in [2.75, 3.05) is 0 Å². The van der Waals surface area contributed by atoms with Gasteiger partial charge in [0.05, 0.1) is 23.1 Å². The zero-order valence-corrected chi connectivity index (χ0v) is 17.6. The van der Waals surface area contributed by atoms with Gasteiger partial charge in [-0.05, 0) is 42.8 Å². The molecule has 148 valence electrons. The molecule has 4 aromatic rings.